The zero-order chi connectivity index (χ0) is 16.7. The van der Waals surface area contributed by atoms with E-state index in [1.165, 1.54) is 0 Å². The van der Waals surface area contributed by atoms with Gasteiger partial charge in [-0.2, -0.15) is 4.98 Å². The number of amides is 1. The first-order chi connectivity index (χ1) is 11.7. The van der Waals surface area contributed by atoms with E-state index in [4.69, 9.17) is 11.5 Å². The molecule has 1 aliphatic rings. The lowest BCUT2D eigenvalue weighted by Crippen LogP contribution is -2.28. The van der Waals surface area contributed by atoms with Crippen molar-refractivity contribution in [1.82, 2.24) is 9.97 Å². The Morgan fingerprint density at radius 3 is 2.17 bits per heavy atom. The van der Waals surface area contributed by atoms with Crippen LogP contribution in [0.15, 0.2) is 60.7 Å². The van der Waals surface area contributed by atoms with E-state index in [2.05, 4.69) is 9.97 Å². The maximum absolute atomic E-state index is 13.0. The van der Waals surface area contributed by atoms with Crippen molar-refractivity contribution in [3.8, 4) is 0 Å². The van der Waals surface area contributed by atoms with Gasteiger partial charge in [0.2, 0.25) is 5.95 Å². The van der Waals surface area contributed by atoms with Crippen LogP contribution in [0.2, 0.25) is 0 Å². The summed E-state index contributed by atoms with van der Waals surface area (Å²) in [6.45, 7) is 0. The summed E-state index contributed by atoms with van der Waals surface area (Å²) >= 11 is 0. The van der Waals surface area contributed by atoms with Crippen LogP contribution in [0, 0.1) is 0 Å². The number of fused-ring (bicyclic) bond motifs is 1. The molecule has 0 radical (unpaired) electrons. The third-order valence-electron chi connectivity index (χ3n) is 4.10. The Hall–Kier alpha value is -3.41. The van der Waals surface area contributed by atoms with Crippen LogP contribution >= 0.6 is 0 Å². The van der Waals surface area contributed by atoms with E-state index in [0.717, 1.165) is 11.3 Å². The van der Waals surface area contributed by atoms with Gasteiger partial charge in [-0.3, -0.25) is 9.69 Å². The third kappa shape index (κ3) is 2.08. The quantitative estimate of drug-likeness (QED) is 0.756. The number of carbonyl (C=O) groups is 1. The molecule has 0 aliphatic carbocycles. The van der Waals surface area contributed by atoms with Gasteiger partial charge in [0, 0.05) is 5.69 Å². The minimum Gasteiger partial charge on any atom is -0.383 e. The number of benzene rings is 2. The molecule has 0 saturated heterocycles. The van der Waals surface area contributed by atoms with E-state index in [9.17, 15) is 4.79 Å². The third-order valence-corrected chi connectivity index (χ3v) is 4.10. The highest BCUT2D eigenvalue weighted by Gasteiger charge is 2.42. The van der Waals surface area contributed by atoms with Crippen LogP contribution in [-0.2, 0) is 0 Å². The fourth-order valence-corrected chi connectivity index (χ4v) is 3.10. The van der Waals surface area contributed by atoms with E-state index >= 15 is 0 Å². The second-order valence-electron chi connectivity index (χ2n) is 5.55. The molecule has 118 valence electrons. The molecular weight excluding hydrogens is 302 g/mol. The minimum atomic E-state index is -0.378. The molecule has 24 heavy (non-hydrogen) atoms. The van der Waals surface area contributed by atoms with Crippen molar-refractivity contribution < 1.29 is 4.79 Å². The van der Waals surface area contributed by atoms with Crippen LogP contribution in [0.5, 0.6) is 0 Å². The van der Waals surface area contributed by atoms with Gasteiger partial charge in [-0.25, -0.2) is 4.98 Å². The van der Waals surface area contributed by atoms with Gasteiger partial charge in [0.25, 0.3) is 5.91 Å². The van der Waals surface area contributed by atoms with Crippen molar-refractivity contribution in [3.05, 3.63) is 77.5 Å². The zero-order valence-electron chi connectivity index (χ0n) is 12.8. The monoisotopic (exact) mass is 317 g/mol. The Balaban J connectivity index is 1.97. The normalized spacial score (nSPS) is 16.2. The first-order valence-corrected chi connectivity index (χ1v) is 7.53. The molecule has 1 amide bonds. The standard InChI is InChI=1S/C18H15N5O/c19-16-13-14(21-18(20)22-16)17(24)23(12-9-5-2-6-10-12)15(13)11-7-3-1-4-8-11/h1-10,15H,(H4,19,20,21,22). The topological polar surface area (TPSA) is 98.1 Å². The summed E-state index contributed by atoms with van der Waals surface area (Å²) in [5, 5.41) is 0. The van der Waals surface area contributed by atoms with Crippen molar-refractivity contribution in [1.29, 1.82) is 0 Å². The Labute approximate surface area is 138 Å². The highest BCUT2D eigenvalue weighted by Crippen LogP contribution is 2.42. The summed E-state index contributed by atoms with van der Waals surface area (Å²) in [6.07, 6.45) is 0. The Morgan fingerprint density at radius 1 is 0.875 bits per heavy atom. The van der Waals surface area contributed by atoms with E-state index in [-0.39, 0.29) is 29.4 Å². The predicted molar refractivity (Wildman–Crippen MR) is 92.4 cm³/mol. The van der Waals surface area contributed by atoms with Crippen LogP contribution in [0.25, 0.3) is 0 Å². The smallest absolute Gasteiger partial charge is 0.278 e. The summed E-state index contributed by atoms with van der Waals surface area (Å²) in [5.74, 6) is 0.00492. The van der Waals surface area contributed by atoms with Gasteiger partial charge in [-0.15, -0.1) is 0 Å². The average molecular weight is 317 g/mol. The first kappa shape index (κ1) is 14.2. The zero-order valence-corrected chi connectivity index (χ0v) is 12.8. The van der Waals surface area contributed by atoms with Gasteiger partial charge < -0.3 is 11.5 Å². The first-order valence-electron chi connectivity index (χ1n) is 7.53. The number of para-hydroxylation sites is 1. The van der Waals surface area contributed by atoms with Gasteiger partial charge in [0.1, 0.15) is 11.5 Å². The minimum absolute atomic E-state index is 0.00123. The molecule has 1 unspecified atom stereocenters. The largest absolute Gasteiger partial charge is 0.383 e. The Morgan fingerprint density at radius 2 is 1.50 bits per heavy atom. The number of rotatable bonds is 2. The second kappa shape index (κ2) is 5.34. The highest BCUT2D eigenvalue weighted by molar-refractivity contribution is 6.11. The predicted octanol–water partition coefficient (Wildman–Crippen LogP) is 2.39. The van der Waals surface area contributed by atoms with Gasteiger partial charge in [-0.05, 0) is 17.7 Å². The number of hydrogen-bond acceptors (Lipinski definition) is 5. The maximum atomic E-state index is 13.0. The number of hydrogen-bond donors (Lipinski definition) is 2. The van der Waals surface area contributed by atoms with Crippen LogP contribution in [0.1, 0.15) is 27.7 Å². The molecule has 1 aliphatic heterocycles. The molecular formula is C18H15N5O. The van der Waals surface area contributed by atoms with Crippen LogP contribution in [0.3, 0.4) is 0 Å². The number of carbonyl (C=O) groups excluding carboxylic acids is 1. The van der Waals surface area contributed by atoms with Crippen molar-refractivity contribution in [2.75, 3.05) is 16.4 Å². The van der Waals surface area contributed by atoms with Crippen LogP contribution in [-0.4, -0.2) is 15.9 Å². The van der Waals surface area contributed by atoms with E-state index in [1.54, 1.807) is 4.90 Å². The van der Waals surface area contributed by atoms with E-state index < -0.39 is 0 Å². The maximum Gasteiger partial charge on any atom is 0.278 e. The molecule has 4 N–H and O–H groups in total. The molecule has 1 atom stereocenters. The van der Waals surface area contributed by atoms with Crippen molar-refractivity contribution in [2.24, 2.45) is 0 Å². The van der Waals surface area contributed by atoms with Gasteiger partial charge in [0.05, 0.1) is 11.6 Å². The van der Waals surface area contributed by atoms with Gasteiger partial charge in [-0.1, -0.05) is 48.5 Å². The number of nitrogen functional groups attached to an aromatic ring is 2. The lowest BCUT2D eigenvalue weighted by Gasteiger charge is -2.25. The lowest BCUT2D eigenvalue weighted by atomic mass is 10.00. The molecule has 4 rings (SSSR count). The molecule has 0 bridgehead atoms. The Kier molecular flexibility index (Phi) is 3.16. The molecule has 2 aromatic carbocycles. The van der Waals surface area contributed by atoms with Crippen molar-refractivity contribution >= 4 is 23.4 Å². The lowest BCUT2D eigenvalue weighted by molar-refractivity contribution is 0.0989. The highest BCUT2D eigenvalue weighted by atomic mass is 16.2. The average Bonchev–Trinajstić information content (AvgIpc) is 2.90. The molecule has 1 aromatic heterocycles. The summed E-state index contributed by atoms with van der Waals surface area (Å²) in [4.78, 5) is 22.9. The van der Waals surface area contributed by atoms with Crippen molar-refractivity contribution in [3.63, 3.8) is 0 Å². The number of nitrogens with zero attached hydrogens (tertiary/aromatic N) is 3. The molecule has 6 heteroatoms. The summed E-state index contributed by atoms with van der Waals surface area (Å²) in [6, 6.07) is 18.8. The molecule has 2 heterocycles. The van der Waals surface area contributed by atoms with Crippen LogP contribution in [0.4, 0.5) is 17.5 Å². The summed E-state index contributed by atoms with van der Waals surface area (Å²) in [5.41, 5.74) is 14.4. The number of anilines is 3. The summed E-state index contributed by atoms with van der Waals surface area (Å²) in [7, 11) is 0. The van der Waals surface area contributed by atoms with E-state index in [0.29, 0.717) is 5.56 Å². The SMILES string of the molecule is Nc1nc(N)c2c(n1)C(=O)N(c1ccccc1)C2c1ccccc1. The summed E-state index contributed by atoms with van der Waals surface area (Å²) < 4.78 is 0. The van der Waals surface area contributed by atoms with Gasteiger partial charge in [0.15, 0.2) is 0 Å². The Bertz CT molecular complexity index is 911. The fraction of sp³-hybridized carbons (Fsp3) is 0.0556. The molecule has 0 fully saturated rings. The van der Waals surface area contributed by atoms with Gasteiger partial charge >= 0.3 is 0 Å². The van der Waals surface area contributed by atoms with E-state index in [1.807, 2.05) is 60.7 Å². The number of nitrogens with two attached hydrogens (primary N) is 2. The molecule has 0 saturated carbocycles. The molecule has 0 spiro atoms. The molecule has 3 aromatic rings. The van der Waals surface area contributed by atoms with Crippen molar-refractivity contribution in [2.45, 2.75) is 6.04 Å². The number of aromatic nitrogens is 2. The second-order valence-corrected chi connectivity index (χ2v) is 5.55. The fourth-order valence-electron chi connectivity index (χ4n) is 3.10. The van der Waals surface area contributed by atoms with Crippen LogP contribution < -0.4 is 16.4 Å². The molecule has 6 nitrogen and oxygen atoms in total.